The highest BCUT2D eigenvalue weighted by atomic mass is 16.7. The summed E-state index contributed by atoms with van der Waals surface area (Å²) in [4.78, 5) is 30.5. The van der Waals surface area contributed by atoms with Gasteiger partial charge >= 0.3 is 0 Å². The Hall–Kier alpha value is -2.08. The van der Waals surface area contributed by atoms with Gasteiger partial charge in [0.1, 0.15) is 5.66 Å². The van der Waals surface area contributed by atoms with Gasteiger partial charge in [-0.25, -0.2) is 5.06 Å². The highest BCUT2D eigenvalue weighted by molar-refractivity contribution is 6.02. The lowest BCUT2D eigenvalue weighted by Crippen LogP contribution is -2.70. The number of anilines is 1. The maximum absolute atomic E-state index is 12.8. The fourth-order valence-electron chi connectivity index (χ4n) is 5.14. The third-order valence-corrected chi connectivity index (χ3v) is 6.55. The summed E-state index contributed by atoms with van der Waals surface area (Å²) >= 11 is 0. The SMILES string of the molecule is CON(C)C(=O)[C@H]1C[C@H]2CC[C@@]1(C)C[C@@]21NC(=O)c2ccccc2N1. The van der Waals surface area contributed by atoms with Crippen LogP contribution < -0.4 is 10.6 Å². The Labute approximate surface area is 147 Å². The average Bonchev–Trinajstić information content (AvgIpc) is 2.60. The van der Waals surface area contributed by atoms with E-state index in [1.54, 1.807) is 7.05 Å². The van der Waals surface area contributed by atoms with Crippen LogP contribution in [-0.4, -0.2) is 36.7 Å². The summed E-state index contributed by atoms with van der Waals surface area (Å²) in [5.74, 6) is 0.165. The molecule has 4 aliphatic rings. The van der Waals surface area contributed by atoms with Crippen LogP contribution >= 0.6 is 0 Å². The number of fused-ring (bicyclic) bond motifs is 3. The van der Waals surface area contributed by atoms with Crippen LogP contribution in [0, 0.1) is 17.3 Å². The molecule has 6 heteroatoms. The van der Waals surface area contributed by atoms with E-state index in [9.17, 15) is 9.59 Å². The van der Waals surface area contributed by atoms with Gasteiger partial charge in [0.05, 0.1) is 12.7 Å². The van der Waals surface area contributed by atoms with E-state index in [0.29, 0.717) is 5.56 Å². The Morgan fingerprint density at radius 3 is 2.80 bits per heavy atom. The van der Waals surface area contributed by atoms with E-state index in [-0.39, 0.29) is 29.1 Å². The Morgan fingerprint density at radius 2 is 2.08 bits per heavy atom. The molecule has 1 aliphatic heterocycles. The summed E-state index contributed by atoms with van der Waals surface area (Å²) in [5, 5.41) is 8.19. The van der Waals surface area contributed by atoms with E-state index in [1.807, 2.05) is 24.3 Å². The predicted molar refractivity (Wildman–Crippen MR) is 93.6 cm³/mol. The van der Waals surface area contributed by atoms with Crippen molar-refractivity contribution in [3.63, 3.8) is 0 Å². The third-order valence-electron chi connectivity index (χ3n) is 6.55. The molecule has 0 saturated heterocycles. The second-order valence-corrected chi connectivity index (χ2v) is 7.97. The standard InChI is InChI=1S/C19H25N3O3/c1-18-9-8-12(10-14(18)17(24)22(2)25-3)19(11-18)20-15-7-5-4-6-13(15)16(23)21-19/h4-7,12,14,20H,8-11H2,1-3H3,(H,21,23)/t12-,14-,18+,19-/m1/s1. The lowest BCUT2D eigenvalue weighted by Gasteiger charge is -2.61. The maximum atomic E-state index is 12.8. The van der Waals surface area contributed by atoms with Gasteiger partial charge in [0.2, 0.25) is 5.91 Å². The predicted octanol–water partition coefficient (Wildman–Crippen LogP) is 2.38. The molecule has 6 nitrogen and oxygen atoms in total. The summed E-state index contributed by atoms with van der Waals surface area (Å²) in [5.41, 5.74) is 0.956. The Bertz CT molecular complexity index is 736. The number of para-hydroxylation sites is 1. The van der Waals surface area contributed by atoms with Crippen LogP contribution in [0.1, 0.15) is 43.0 Å². The minimum absolute atomic E-state index is 0.0256. The second-order valence-electron chi connectivity index (χ2n) is 7.97. The molecule has 4 atom stereocenters. The molecular formula is C19H25N3O3. The number of hydrogen-bond acceptors (Lipinski definition) is 4. The molecule has 0 unspecified atom stereocenters. The van der Waals surface area contributed by atoms with Crippen molar-refractivity contribution in [2.45, 2.75) is 38.3 Å². The molecule has 0 radical (unpaired) electrons. The van der Waals surface area contributed by atoms with E-state index in [0.717, 1.165) is 31.4 Å². The van der Waals surface area contributed by atoms with Gasteiger partial charge in [-0.2, -0.15) is 0 Å². The topological polar surface area (TPSA) is 70.7 Å². The quantitative estimate of drug-likeness (QED) is 0.809. The van der Waals surface area contributed by atoms with Crippen LogP contribution in [0.15, 0.2) is 24.3 Å². The van der Waals surface area contributed by atoms with E-state index < -0.39 is 5.66 Å². The number of carbonyl (C=O) groups is 2. The van der Waals surface area contributed by atoms with Crippen LogP contribution in [0.4, 0.5) is 5.69 Å². The molecular weight excluding hydrogens is 318 g/mol. The largest absolute Gasteiger partial charge is 0.362 e. The molecule has 2 N–H and O–H groups in total. The van der Waals surface area contributed by atoms with Gasteiger partial charge in [-0.3, -0.25) is 14.4 Å². The van der Waals surface area contributed by atoms with Crippen LogP contribution in [-0.2, 0) is 9.63 Å². The van der Waals surface area contributed by atoms with Crippen molar-refractivity contribution in [1.29, 1.82) is 0 Å². The van der Waals surface area contributed by atoms with E-state index in [1.165, 1.54) is 12.2 Å². The first kappa shape index (κ1) is 16.4. The van der Waals surface area contributed by atoms with Crippen molar-refractivity contribution in [1.82, 2.24) is 10.4 Å². The zero-order chi connectivity index (χ0) is 17.8. The Morgan fingerprint density at radius 1 is 1.32 bits per heavy atom. The number of carbonyl (C=O) groups excluding carboxylic acids is 2. The third kappa shape index (κ3) is 2.34. The number of amides is 2. The molecule has 3 saturated carbocycles. The smallest absolute Gasteiger partial charge is 0.255 e. The maximum Gasteiger partial charge on any atom is 0.255 e. The fourth-order valence-corrected chi connectivity index (χ4v) is 5.14. The van der Waals surface area contributed by atoms with Gasteiger partial charge in [-0.15, -0.1) is 0 Å². The van der Waals surface area contributed by atoms with Crippen LogP contribution in [0.3, 0.4) is 0 Å². The first-order valence-electron chi connectivity index (χ1n) is 8.90. The van der Waals surface area contributed by atoms with Gasteiger partial charge in [0.25, 0.3) is 5.91 Å². The second kappa shape index (κ2) is 5.46. The molecule has 3 fully saturated rings. The number of nitrogens with zero attached hydrogens (tertiary/aromatic N) is 1. The minimum atomic E-state index is -0.457. The van der Waals surface area contributed by atoms with Crippen LogP contribution in [0.5, 0.6) is 0 Å². The molecule has 5 rings (SSSR count). The molecule has 1 heterocycles. The molecule has 1 spiro atoms. The van der Waals surface area contributed by atoms with E-state index in [2.05, 4.69) is 17.6 Å². The van der Waals surface area contributed by atoms with Gasteiger partial charge in [-0.1, -0.05) is 19.1 Å². The lowest BCUT2D eigenvalue weighted by molar-refractivity contribution is -0.186. The molecule has 0 aromatic heterocycles. The normalized spacial score (nSPS) is 35.7. The zero-order valence-electron chi connectivity index (χ0n) is 15.0. The van der Waals surface area contributed by atoms with Crippen LogP contribution in [0.25, 0.3) is 0 Å². The van der Waals surface area contributed by atoms with Crippen molar-refractivity contribution >= 4 is 17.5 Å². The number of benzene rings is 1. The number of rotatable bonds is 2. The van der Waals surface area contributed by atoms with Gasteiger partial charge < -0.3 is 10.6 Å². The van der Waals surface area contributed by atoms with Crippen molar-refractivity contribution < 1.29 is 14.4 Å². The summed E-state index contributed by atoms with van der Waals surface area (Å²) in [6.45, 7) is 2.17. The number of nitrogens with one attached hydrogen (secondary N) is 2. The average molecular weight is 343 g/mol. The monoisotopic (exact) mass is 343 g/mol. The van der Waals surface area contributed by atoms with Crippen molar-refractivity contribution in [3.05, 3.63) is 29.8 Å². The van der Waals surface area contributed by atoms with Crippen molar-refractivity contribution in [2.75, 3.05) is 19.5 Å². The molecule has 25 heavy (non-hydrogen) atoms. The van der Waals surface area contributed by atoms with Crippen molar-refractivity contribution in [2.24, 2.45) is 17.3 Å². The minimum Gasteiger partial charge on any atom is -0.362 e. The first-order chi connectivity index (χ1) is 11.9. The van der Waals surface area contributed by atoms with Gasteiger partial charge in [0, 0.05) is 24.6 Å². The summed E-state index contributed by atoms with van der Waals surface area (Å²) in [6.07, 6.45) is 3.51. The van der Waals surface area contributed by atoms with E-state index in [4.69, 9.17) is 4.84 Å². The number of hydroxylamine groups is 2. The zero-order valence-corrected chi connectivity index (χ0v) is 15.0. The lowest BCUT2D eigenvalue weighted by atomic mass is 9.51. The Kier molecular flexibility index (Phi) is 3.58. The number of hydrogen-bond donors (Lipinski definition) is 2. The summed E-state index contributed by atoms with van der Waals surface area (Å²) in [6, 6.07) is 7.62. The molecule has 1 aromatic carbocycles. The van der Waals surface area contributed by atoms with E-state index >= 15 is 0 Å². The fraction of sp³-hybridized carbons (Fsp3) is 0.579. The summed E-state index contributed by atoms with van der Waals surface area (Å²) in [7, 11) is 3.18. The van der Waals surface area contributed by atoms with Gasteiger partial charge in [0.15, 0.2) is 0 Å². The molecule has 134 valence electrons. The Balaban J connectivity index is 1.66. The highest BCUT2D eigenvalue weighted by Crippen LogP contribution is 2.58. The molecule has 2 bridgehead atoms. The van der Waals surface area contributed by atoms with Crippen LogP contribution in [0.2, 0.25) is 0 Å². The highest BCUT2D eigenvalue weighted by Gasteiger charge is 2.60. The molecule has 3 aliphatic carbocycles. The summed E-state index contributed by atoms with van der Waals surface area (Å²) < 4.78 is 0. The van der Waals surface area contributed by atoms with Gasteiger partial charge in [-0.05, 0) is 43.2 Å². The first-order valence-corrected chi connectivity index (χ1v) is 8.90. The van der Waals surface area contributed by atoms with Crippen molar-refractivity contribution in [3.8, 4) is 0 Å². The molecule has 1 aromatic rings. The molecule has 2 amide bonds.